The van der Waals surface area contributed by atoms with Crippen molar-refractivity contribution < 1.29 is 0 Å². The highest BCUT2D eigenvalue weighted by atomic mass is 14.8. The third-order valence-corrected chi connectivity index (χ3v) is 4.62. The third-order valence-electron chi connectivity index (χ3n) is 4.62. The minimum atomic E-state index is 0.501. The van der Waals surface area contributed by atoms with Crippen molar-refractivity contribution in [2.75, 3.05) is 0 Å². The average molecular weight is 283 g/mol. The standard InChI is InChI=1S/C20H29N/c1-16(2)20-15-19(17(3)21-20)14-10-5-4-7-11-18-12-8-6-9-13-18/h6,8-9,12-13,17,19H,1,4-5,7,10-11,14-15H2,2-3H3. The molecule has 114 valence electrons. The van der Waals surface area contributed by atoms with Crippen LogP contribution < -0.4 is 0 Å². The van der Waals surface area contributed by atoms with Gasteiger partial charge in [0.25, 0.3) is 0 Å². The summed E-state index contributed by atoms with van der Waals surface area (Å²) < 4.78 is 0. The molecule has 1 aliphatic rings. The fourth-order valence-electron chi connectivity index (χ4n) is 3.18. The molecule has 0 fully saturated rings. The van der Waals surface area contributed by atoms with Gasteiger partial charge in [-0.05, 0) is 56.6 Å². The lowest BCUT2D eigenvalue weighted by molar-refractivity contribution is 0.429. The van der Waals surface area contributed by atoms with E-state index < -0.39 is 0 Å². The molecule has 2 rings (SSSR count). The predicted octanol–water partition coefficient (Wildman–Crippen LogP) is 5.61. The van der Waals surface area contributed by atoms with Gasteiger partial charge < -0.3 is 0 Å². The number of allylic oxidation sites excluding steroid dienone is 1. The molecule has 2 unspecified atom stereocenters. The Labute approximate surface area is 130 Å². The molecule has 0 bridgehead atoms. The van der Waals surface area contributed by atoms with E-state index in [1.54, 1.807) is 0 Å². The highest BCUT2D eigenvalue weighted by molar-refractivity contribution is 6.00. The minimum Gasteiger partial charge on any atom is -0.286 e. The summed E-state index contributed by atoms with van der Waals surface area (Å²) >= 11 is 0. The fourth-order valence-corrected chi connectivity index (χ4v) is 3.18. The Hall–Kier alpha value is -1.37. The molecule has 0 spiro atoms. The second kappa shape index (κ2) is 8.17. The molecule has 0 radical (unpaired) electrons. The molecule has 0 saturated heterocycles. The molecule has 1 nitrogen and oxygen atoms in total. The maximum atomic E-state index is 4.74. The largest absolute Gasteiger partial charge is 0.286 e. The number of rotatable bonds is 8. The summed E-state index contributed by atoms with van der Waals surface area (Å²) in [5, 5.41) is 0. The van der Waals surface area contributed by atoms with Crippen LogP contribution in [0.3, 0.4) is 0 Å². The number of aryl methyl sites for hydroxylation is 1. The first-order valence-electron chi connectivity index (χ1n) is 8.43. The number of hydrogen-bond acceptors (Lipinski definition) is 1. The van der Waals surface area contributed by atoms with Crippen LogP contribution in [0.1, 0.15) is 57.9 Å². The molecule has 21 heavy (non-hydrogen) atoms. The van der Waals surface area contributed by atoms with Crippen LogP contribution in [-0.4, -0.2) is 11.8 Å². The molecule has 0 aliphatic carbocycles. The van der Waals surface area contributed by atoms with Crippen LogP contribution >= 0.6 is 0 Å². The molecular weight excluding hydrogens is 254 g/mol. The van der Waals surface area contributed by atoms with Gasteiger partial charge in [0.05, 0.1) is 6.04 Å². The number of hydrogen-bond donors (Lipinski definition) is 0. The monoisotopic (exact) mass is 283 g/mol. The topological polar surface area (TPSA) is 12.4 Å². The lowest BCUT2D eigenvalue weighted by Gasteiger charge is -2.13. The molecule has 1 heterocycles. The molecule has 2 atom stereocenters. The summed E-state index contributed by atoms with van der Waals surface area (Å²) in [4.78, 5) is 4.74. The Morgan fingerprint density at radius 2 is 1.86 bits per heavy atom. The van der Waals surface area contributed by atoms with Crippen molar-refractivity contribution in [3.05, 3.63) is 48.0 Å². The fraction of sp³-hybridized carbons (Fsp3) is 0.550. The Bertz CT molecular complexity index is 472. The summed E-state index contributed by atoms with van der Waals surface area (Å²) in [5.41, 5.74) is 3.89. The van der Waals surface area contributed by atoms with Gasteiger partial charge in [-0.3, -0.25) is 4.99 Å². The van der Waals surface area contributed by atoms with Gasteiger partial charge in [0.1, 0.15) is 0 Å². The maximum absolute atomic E-state index is 4.74. The van der Waals surface area contributed by atoms with Crippen LogP contribution in [-0.2, 0) is 6.42 Å². The van der Waals surface area contributed by atoms with Gasteiger partial charge in [-0.25, -0.2) is 0 Å². The molecule has 0 aromatic heterocycles. The summed E-state index contributed by atoms with van der Waals surface area (Å²) in [6.45, 7) is 8.37. The van der Waals surface area contributed by atoms with E-state index in [4.69, 9.17) is 4.99 Å². The predicted molar refractivity (Wildman–Crippen MR) is 93.0 cm³/mol. The molecule has 0 saturated carbocycles. The van der Waals surface area contributed by atoms with Crippen molar-refractivity contribution in [1.82, 2.24) is 0 Å². The highest BCUT2D eigenvalue weighted by Gasteiger charge is 2.25. The van der Waals surface area contributed by atoms with E-state index in [0.717, 1.165) is 17.9 Å². The second-order valence-electron chi connectivity index (χ2n) is 6.50. The van der Waals surface area contributed by atoms with Gasteiger partial charge in [0, 0.05) is 5.71 Å². The van der Waals surface area contributed by atoms with Crippen LogP contribution in [0.2, 0.25) is 0 Å². The van der Waals surface area contributed by atoms with Gasteiger partial charge in [-0.1, -0.05) is 56.2 Å². The SMILES string of the molecule is C=C(C)C1=NC(C)C(CCCCCCc2ccccc2)C1. The van der Waals surface area contributed by atoms with Gasteiger partial charge in [0.15, 0.2) is 0 Å². The van der Waals surface area contributed by atoms with Gasteiger partial charge in [-0.15, -0.1) is 0 Å². The summed E-state index contributed by atoms with van der Waals surface area (Å²) in [5.74, 6) is 0.755. The van der Waals surface area contributed by atoms with Crippen molar-refractivity contribution in [2.24, 2.45) is 10.9 Å². The van der Waals surface area contributed by atoms with Crippen LogP contribution in [0.15, 0.2) is 47.5 Å². The molecule has 1 aromatic rings. The average Bonchev–Trinajstić information content (AvgIpc) is 2.85. The molecule has 0 amide bonds. The van der Waals surface area contributed by atoms with Crippen molar-refractivity contribution in [2.45, 2.75) is 64.8 Å². The van der Waals surface area contributed by atoms with Crippen LogP contribution in [0.5, 0.6) is 0 Å². The third kappa shape index (κ3) is 5.15. The highest BCUT2D eigenvalue weighted by Crippen LogP contribution is 2.28. The smallest absolute Gasteiger partial charge is 0.0506 e. The number of aliphatic imine (C=N–C) groups is 1. The molecule has 0 N–H and O–H groups in total. The van der Waals surface area contributed by atoms with E-state index in [0.29, 0.717) is 6.04 Å². The molecule has 1 aromatic carbocycles. The summed E-state index contributed by atoms with van der Waals surface area (Å²) in [6, 6.07) is 11.3. The lowest BCUT2D eigenvalue weighted by Crippen LogP contribution is -2.10. The van der Waals surface area contributed by atoms with E-state index in [1.165, 1.54) is 49.8 Å². The number of benzene rings is 1. The van der Waals surface area contributed by atoms with Crippen LogP contribution in [0.4, 0.5) is 0 Å². The first kappa shape index (κ1) is 16.0. The van der Waals surface area contributed by atoms with Gasteiger partial charge >= 0.3 is 0 Å². The van der Waals surface area contributed by atoms with E-state index in [9.17, 15) is 0 Å². The zero-order valence-electron chi connectivity index (χ0n) is 13.6. The van der Waals surface area contributed by atoms with E-state index in [2.05, 4.69) is 50.8 Å². The lowest BCUT2D eigenvalue weighted by atomic mass is 9.91. The first-order valence-corrected chi connectivity index (χ1v) is 8.43. The number of nitrogens with zero attached hydrogens (tertiary/aromatic N) is 1. The number of unbranched alkanes of at least 4 members (excludes halogenated alkanes) is 3. The minimum absolute atomic E-state index is 0.501. The van der Waals surface area contributed by atoms with Crippen molar-refractivity contribution in [3.8, 4) is 0 Å². The Balaban J connectivity index is 1.56. The Morgan fingerprint density at radius 1 is 1.14 bits per heavy atom. The quantitative estimate of drug-likeness (QED) is 0.550. The Morgan fingerprint density at radius 3 is 2.52 bits per heavy atom. The zero-order chi connectivity index (χ0) is 15.1. The Kier molecular flexibility index (Phi) is 6.22. The van der Waals surface area contributed by atoms with Crippen LogP contribution in [0, 0.1) is 5.92 Å². The summed E-state index contributed by atoms with van der Waals surface area (Å²) in [6.07, 6.45) is 9.08. The van der Waals surface area contributed by atoms with Crippen molar-refractivity contribution >= 4 is 5.71 Å². The summed E-state index contributed by atoms with van der Waals surface area (Å²) in [7, 11) is 0. The zero-order valence-corrected chi connectivity index (χ0v) is 13.6. The van der Waals surface area contributed by atoms with E-state index in [1.807, 2.05) is 0 Å². The first-order chi connectivity index (χ1) is 10.2. The van der Waals surface area contributed by atoms with Gasteiger partial charge in [0.2, 0.25) is 0 Å². The normalized spacial score (nSPS) is 21.3. The van der Waals surface area contributed by atoms with Gasteiger partial charge in [-0.2, -0.15) is 0 Å². The van der Waals surface area contributed by atoms with Crippen LogP contribution in [0.25, 0.3) is 0 Å². The van der Waals surface area contributed by atoms with E-state index >= 15 is 0 Å². The molecular formula is C20H29N. The second-order valence-corrected chi connectivity index (χ2v) is 6.50. The van der Waals surface area contributed by atoms with E-state index in [-0.39, 0.29) is 0 Å². The van der Waals surface area contributed by atoms with Crippen molar-refractivity contribution in [3.63, 3.8) is 0 Å². The molecule has 1 heteroatoms. The maximum Gasteiger partial charge on any atom is 0.0506 e. The molecule has 1 aliphatic heterocycles. The van der Waals surface area contributed by atoms with Crippen molar-refractivity contribution in [1.29, 1.82) is 0 Å².